The summed E-state index contributed by atoms with van der Waals surface area (Å²) in [4.78, 5) is 46.0. The molecule has 40 heavy (non-hydrogen) atoms. The standard InChI is InChI=1S/C30H27N5O4S/c1-17(18-10-4-3-5-11-18)35-25(31)20(16-21-26(35)32-23-14-8-9-15-34(23)29(21)37)27(36)33-28-24(30(38)39-2)19-12-6-7-13-22(19)40-28/h3-5,8-11,14-17,31H,6-7,12-13H2,1-2H3,(H,33,36). The molecule has 1 amide bonds. The maximum absolute atomic E-state index is 13.8. The highest BCUT2D eigenvalue weighted by Gasteiger charge is 2.28. The summed E-state index contributed by atoms with van der Waals surface area (Å²) in [6.45, 7) is 1.91. The van der Waals surface area contributed by atoms with Crippen molar-refractivity contribution in [3.8, 4) is 0 Å². The van der Waals surface area contributed by atoms with Crippen LogP contribution in [0.25, 0.3) is 16.7 Å². The number of esters is 1. The Morgan fingerprint density at radius 2 is 1.85 bits per heavy atom. The Labute approximate surface area is 233 Å². The van der Waals surface area contributed by atoms with Gasteiger partial charge in [0.25, 0.3) is 11.5 Å². The molecule has 1 aliphatic rings. The van der Waals surface area contributed by atoms with Crippen LogP contribution >= 0.6 is 11.3 Å². The number of anilines is 1. The highest BCUT2D eigenvalue weighted by atomic mass is 32.1. The lowest BCUT2D eigenvalue weighted by Crippen LogP contribution is -2.34. The van der Waals surface area contributed by atoms with E-state index >= 15 is 0 Å². The molecule has 1 atom stereocenters. The number of nitrogens with one attached hydrogen (secondary N) is 2. The third kappa shape index (κ3) is 4.21. The second-order valence-electron chi connectivity index (χ2n) is 9.81. The number of benzene rings is 1. The minimum atomic E-state index is -0.581. The molecule has 2 N–H and O–H groups in total. The third-order valence-corrected chi connectivity index (χ3v) is 8.67. The molecule has 0 radical (unpaired) electrons. The lowest BCUT2D eigenvalue weighted by molar-refractivity contribution is 0.0601. The van der Waals surface area contributed by atoms with Gasteiger partial charge in [-0.05, 0) is 61.9 Å². The van der Waals surface area contributed by atoms with Crippen molar-refractivity contribution >= 4 is 44.9 Å². The number of rotatable bonds is 5. The zero-order valence-corrected chi connectivity index (χ0v) is 22.9. The molecule has 1 aliphatic carbocycles. The van der Waals surface area contributed by atoms with Gasteiger partial charge in [0.15, 0.2) is 0 Å². The molecule has 0 saturated carbocycles. The summed E-state index contributed by atoms with van der Waals surface area (Å²) in [6, 6.07) is 15.9. The van der Waals surface area contributed by atoms with E-state index in [0.717, 1.165) is 41.7 Å². The van der Waals surface area contributed by atoms with E-state index in [0.29, 0.717) is 21.9 Å². The number of aryl methyl sites for hydroxylation is 1. The van der Waals surface area contributed by atoms with Crippen molar-refractivity contribution < 1.29 is 14.3 Å². The fourth-order valence-electron chi connectivity index (χ4n) is 5.42. The summed E-state index contributed by atoms with van der Waals surface area (Å²) in [5.74, 6) is -1.08. The number of carbonyl (C=O) groups excluding carboxylic acids is 2. The summed E-state index contributed by atoms with van der Waals surface area (Å²) < 4.78 is 8.09. The number of pyridine rings is 2. The molecule has 4 heterocycles. The highest BCUT2D eigenvalue weighted by molar-refractivity contribution is 7.17. The van der Waals surface area contributed by atoms with Gasteiger partial charge in [-0.15, -0.1) is 11.3 Å². The molecule has 5 aromatic rings. The predicted octanol–water partition coefficient (Wildman–Crippen LogP) is 4.72. The summed E-state index contributed by atoms with van der Waals surface area (Å²) in [7, 11) is 1.32. The lowest BCUT2D eigenvalue weighted by Gasteiger charge is -2.21. The zero-order valence-electron chi connectivity index (χ0n) is 22.1. The van der Waals surface area contributed by atoms with Crippen LogP contribution in [0.2, 0.25) is 0 Å². The molecule has 0 saturated heterocycles. The summed E-state index contributed by atoms with van der Waals surface area (Å²) in [5, 5.41) is 12.7. The second-order valence-corrected chi connectivity index (χ2v) is 10.9. The molecule has 202 valence electrons. The van der Waals surface area contributed by atoms with E-state index in [9.17, 15) is 14.4 Å². The van der Waals surface area contributed by atoms with Crippen LogP contribution in [0.4, 0.5) is 5.00 Å². The van der Waals surface area contributed by atoms with Gasteiger partial charge in [-0.1, -0.05) is 36.4 Å². The first-order chi connectivity index (χ1) is 19.4. The first-order valence-corrected chi connectivity index (χ1v) is 13.9. The lowest BCUT2D eigenvalue weighted by atomic mass is 9.95. The monoisotopic (exact) mass is 553 g/mol. The topological polar surface area (TPSA) is 119 Å². The third-order valence-electron chi connectivity index (χ3n) is 7.46. The number of hydrogen-bond donors (Lipinski definition) is 2. The molecule has 0 fully saturated rings. The first kappa shape index (κ1) is 25.7. The predicted molar refractivity (Wildman–Crippen MR) is 153 cm³/mol. The molecular formula is C30H27N5O4S. The van der Waals surface area contributed by atoms with Crippen molar-refractivity contribution in [2.24, 2.45) is 0 Å². The molecular weight excluding hydrogens is 526 g/mol. The zero-order chi connectivity index (χ0) is 28.0. The van der Waals surface area contributed by atoms with Crippen LogP contribution in [0.5, 0.6) is 0 Å². The van der Waals surface area contributed by atoms with E-state index in [2.05, 4.69) is 5.32 Å². The summed E-state index contributed by atoms with van der Waals surface area (Å²) >= 11 is 1.37. The largest absolute Gasteiger partial charge is 0.465 e. The van der Waals surface area contributed by atoms with Crippen LogP contribution in [-0.2, 0) is 17.6 Å². The van der Waals surface area contributed by atoms with Crippen molar-refractivity contribution in [2.45, 2.75) is 38.6 Å². The molecule has 6 rings (SSSR count). The fourth-order valence-corrected chi connectivity index (χ4v) is 6.69. The number of hydrogen-bond acceptors (Lipinski definition) is 7. The van der Waals surface area contributed by atoms with E-state index in [-0.39, 0.29) is 22.0 Å². The summed E-state index contributed by atoms with van der Waals surface area (Å²) in [6.07, 6.45) is 5.19. The average molecular weight is 554 g/mol. The Bertz CT molecular complexity index is 1920. The van der Waals surface area contributed by atoms with Gasteiger partial charge < -0.3 is 14.6 Å². The fraction of sp³-hybridized carbons (Fsp3) is 0.233. The minimum Gasteiger partial charge on any atom is -0.465 e. The number of methoxy groups -OCH3 is 1. The Kier molecular flexibility index (Phi) is 6.55. The van der Waals surface area contributed by atoms with Crippen LogP contribution < -0.4 is 16.4 Å². The molecule has 0 bridgehead atoms. The van der Waals surface area contributed by atoms with E-state index < -0.39 is 17.9 Å². The van der Waals surface area contributed by atoms with Crippen molar-refractivity contribution in [3.05, 3.63) is 104 Å². The molecule has 10 heteroatoms. The normalized spacial score (nSPS) is 13.7. The molecule has 0 spiro atoms. The Hall–Kier alpha value is -4.57. The Balaban J connectivity index is 1.55. The van der Waals surface area contributed by atoms with Crippen molar-refractivity contribution in [3.63, 3.8) is 0 Å². The van der Waals surface area contributed by atoms with E-state index in [1.807, 2.05) is 37.3 Å². The number of amides is 1. The minimum absolute atomic E-state index is 0.00671. The van der Waals surface area contributed by atoms with Crippen LogP contribution in [0, 0.1) is 5.41 Å². The quantitative estimate of drug-likeness (QED) is 0.241. The van der Waals surface area contributed by atoms with Crippen LogP contribution in [0.3, 0.4) is 0 Å². The number of aromatic nitrogens is 3. The smallest absolute Gasteiger partial charge is 0.341 e. The Morgan fingerprint density at radius 3 is 2.62 bits per heavy atom. The molecule has 4 aromatic heterocycles. The molecule has 1 unspecified atom stereocenters. The Morgan fingerprint density at radius 1 is 1.10 bits per heavy atom. The molecule has 0 aliphatic heterocycles. The van der Waals surface area contributed by atoms with Gasteiger partial charge in [0.1, 0.15) is 21.8 Å². The maximum Gasteiger partial charge on any atom is 0.341 e. The van der Waals surface area contributed by atoms with E-state index in [1.54, 1.807) is 29.0 Å². The number of ether oxygens (including phenoxy) is 1. The number of nitrogens with zero attached hydrogens (tertiary/aromatic N) is 3. The van der Waals surface area contributed by atoms with Crippen molar-refractivity contribution in [1.82, 2.24) is 14.0 Å². The van der Waals surface area contributed by atoms with Crippen LogP contribution in [-0.4, -0.2) is 32.9 Å². The van der Waals surface area contributed by atoms with E-state index in [4.69, 9.17) is 15.1 Å². The van der Waals surface area contributed by atoms with Crippen LogP contribution in [0.1, 0.15) is 62.5 Å². The van der Waals surface area contributed by atoms with Gasteiger partial charge >= 0.3 is 5.97 Å². The van der Waals surface area contributed by atoms with Gasteiger partial charge in [-0.2, -0.15) is 0 Å². The van der Waals surface area contributed by atoms with Crippen molar-refractivity contribution in [1.29, 1.82) is 5.41 Å². The molecule has 9 nitrogen and oxygen atoms in total. The first-order valence-electron chi connectivity index (χ1n) is 13.1. The molecule has 1 aromatic carbocycles. The van der Waals surface area contributed by atoms with Gasteiger partial charge in [0.2, 0.25) is 0 Å². The van der Waals surface area contributed by atoms with E-state index in [1.165, 1.54) is 28.9 Å². The number of carbonyl (C=O) groups is 2. The van der Waals surface area contributed by atoms with Crippen LogP contribution in [0.15, 0.2) is 65.6 Å². The average Bonchev–Trinajstić information content (AvgIpc) is 3.34. The highest BCUT2D eigenvalue weighted by Crippen LogP contribution is 2.38. The second kappa shape index (κ2) is 10.2. The number of fused-ring (bicyclic) bond motifs is 3. The van der Waals surface area contributed by atoms with Gasteiger partial charge in [-0.25, -0.2) is 9.78 Å². The summed E-state index contributed by atoms with van der Waals surface area (Å²) in [5.41, 5.74) is 2.53. The maximum atomic E-state index is 13.8. The van der Waals surface area contributed by atoms with Crippen molar-refractivity contribution in [2.75, 3.05) is 12.4 Å². The van der Waals surface area contributed by atoms with Gasteiger partial charge in [-0.3, -0.25) is 19.4 Å². The number of thiophene rings is 1. The van der Waals surface area contributed by atoms with Gasteiger partial charge in [0, 0.05) is 11.1 Å². The van der Waals surface area contributed by atoms with Gasteiger partial charge in [0.05, 0.1) is 29.7 Å². The SMILES string of the molecule is COC(=O)c1c(NC(=O)c2cc3c(=O)n4ccccc4nc3n(C(C)c3ccccc3)c2=N)sc2c1CCCC2.